The maximum Gasteiger partial charge on any atom is 0.269 e. The molecule has 0 saturated carbocycles. The maximum atomic E-state index is 12.4. The van der Waals surface area contributed by atoms with E-state index < -0.39 is 11.0 Å². The number of benzene rings is 1. The molecule has 1 heterocycles. The molecule has 5 nitrogen and oxygen atoms in total. The highest BCUT2D eigenvalue weighted by Gasteiger charge is 2.23. The Morgan fingerprint density at radius 1 is 1.35 bits per heavy atom. The second-order valence-corrected chi connectivity index (χ2v) is 4.97. The van der Waals surface area contributed by atoms with Gasteiger partial charge in [-0.05, 0) is 36.1 Å². The summed E-state index contributed by atoms with van der Waals surface area (Å²) < 4.78 is 5.50. The number of carbonyl (C=O) groups excluding carboxylic acids is 1. The van der Waals surface area contributed by atoms with Crippen LogP contribution in [0.1, 0.15) is 28.3 Å². The number of carbonyl (C=O) groups is 1. The first-order chi connectivity index (χ1) is 9.63. The van der Waals surface area contributed by atoms with Gasteiger partial charge in [-0.3, -0.25) is 14.9 Å². The lowest BCUT2D eigenvalue weighted by molar-refractivity contribution is -0.384. The van der Waals surface area contributed by atoms with Gasteiger partial charge < -0.3 is 4.74 Å². The van der Waals surface area contributed by atoms with Crippen molar-refractivity contribution < 1.29 is 14.5 Å². The molecule has 20 heavy (non-hydrogen) atoms. The van der Waals surface area contributed by atoms with Gasteiger partial charge >= 0.3 is 0 Å². The number of thiophene rings is 1. The second-order valence-electron chi connectivity index (χ2n) is 4.03. The van der Waals surface area contributed by atoms with Crippen molar-refractivity contribution >= 4 is 22.8 Å². The molecular weight excluding hydrogens is 278 g/mol. The van der Waals surface area contributed by atoms with Crippen molar-refractivity contribution in [1.29, 1.82) is 0 Å². The molecule has 2 rings (SSSR count). The molecule has 0 fully saturated rings. The van der Waals surface area contributed by atoms with E-state index in [4.69, 9.17) is 4.74 Å². The van der Waals surface area contributed by atoms with Crippen LogP contribution in [0.25, 0.3) is 0 Å². The minimum Gasteiger partial charge on any atom is -0.366 e. The molecule has 6 heteroatoms. The summed E-state index contributed by atoms with van der Waals surface area (Å²) >= 11 is 1.35. The van der Waals surface area contributed by atoms with Crippen LogP contribution in [0.4, 0.5) is 5.69 Å². The zero-order valence-electron chi connectivity index (χ0n) is 10.8. The zero-order chi connectivity index (χ0) is 14.5. The summed E-state index contributed by atoms with van der Waals surface area (Å²) in [6.45, 7) is 2.19. The Labute approximate surface area is 120 Å². The fourth-order valence-corrected chi connectivity index (χ4v) is 2.49. The minimum atomic E-state index is -0.723. The third-order valence-corrected chi connectivity index (χ3v) is 3.63. The van der Waals surface area contributed by atoms with Gasteiger partial charge in [0.25, 0.3) is 5.69 Å². The minimum absolute atomic E-state index is 0.00688. The SMILES string of the molecule is CCOC(C(=O)c1cccs1)c1ccc([N+](=O)[O-])cc1. The van der Waals surface area contributed by atoms with E-state index in [1.54, 1.807) is 31.2 Å². The van der Waals surface area contributed by atoms with Crippen molar-refractivity contribution in [2.24, 2.45) is 0 Å². The lowest BCUT2D eigenvalue weighted by Crippen LogP contribution is -2.15. The first kappa shape index (κ1) is 14.4. The lowest BCUT2D eigenvalue weighted by Gasteiger charge is -2.15. The Hall–Kier alpha value is -2.05. The number of hydrogen-bond donors (Lipinski definition) is 0. The second kappa shape index (κ2) is 6.40. The largest absolute Gasteiger partial charge is 0.366 e. The van der Waals surface area contributed by atoms with Gasteiger partial charge in [-0.25, -0.2) is 0 Å². The fourth-order valence-electron chi connectivity index (χ4n) is 1.81. The van der Waals surface area contributed by atoms with Gasteiger partial charge in [-0.2, -0.15) is 0 Å². The molecule has 0 N–H and O–H groups in total. The van der Waals surface area contributed by atoms with Crippen molar-refractivity contribution in [2.75, 3.05) is 6.61 Å². The standard InChI is InChI=1S/C14H13NO4S/c1-2-19-14(13(16)12-4-3-9-20-12)10-5-7-11(8-6-10)15(17)18/h3-9,14H,2H2,1H3. The summed E-state index contributed by atoms with van der Waals surface area (Å²) in [5.74, 6) is -0.129. The molecule has 0 amide bonds. The van der Waals surface area contributed by atoms with Crippen LogP contribution in [-0.4, -0.2) is 17.3 Å². The van der Waals surface area contributed by atoms with Crippen LogP contribution in [0, 0.1) is 10.1 Å². The molecule has 1 aromatic carbocycles. The monoisotopic (exact) mass is 291 g/mol. The van der Waals surface area contributed by atoms with Gasteiger partial charge in [0.2, 0.25) is 5.78 Å². The van der Waals surface area contributed by atoms with Gasteiger partial charge in [0.1, 0.15) is 6.10 Å². The van der Waals surface area contributed by atoms with Crippen molar-refractivity contribution in [2.45, 2.75) is 13.0 Å². The molecule has 1 atom stereocenters. The van der Waals surface area contributed by atoms with E-state index in [2.05, 4.69) is 0 Å². The number of hydrogen-bond acceptors (Lipinski definition) is 5. The third-order valence-electron chi connectivity index (χ3n) is 2.74. The quantitative estimate of drug-likeness (QED) is 0.463. The van der Waals surface area contributed by atoms with Crippen LogP contribution in [0.5, 0.6) is 0 Å². The van der Waals surface area contributed by atoms with E-state index in [-0.39, 0.29) is 11.5 Å². The van der Waals surface area contributed by atoms with Crippen LogP contribution >= 0.6 is 11.3 Å². The smallest absolute Gasteiger partial charge is 0.269 e. The molecule has 1 aromatic heterocycles. The molecule has 0 spiro atoms. The molecule has 0 radical (unpaired) electrons. The number of non-ortho nitro benzene ring substituents is 1. The van der Waals surface area contributed by atoms with Crippen molar-refractivity contribution in [3.05, 3.63) is 62.3 Å². The van der Waals surface area contributed by atoms with Crippen LogP contribution in [-0.2, 0) is 4.74 Å². The Morgan fingerprint density at radius 3 is 2.55 bits per heavy atom. The predicted molar refractivity (Wildman–Crippen MR) is 76.1 cm³/mol. The van der Waals surface area contributed by atoms with Gasteiger partial charge in [0, 0.05) is 18.7 Å². The summed E-state index contributed by atoms with van der Waals surface area (Å²) in [6.07, 6.45) is -0.723. The average molecular weight is 291 g/mol. The molecule has 2 aromatic rings. The van der Waals surface area contributed by atoms with E-state index >= 15 is 0 Å². The molecule has 1 unspecified atom stereocenters. The van der Waals surface area contributed by atoms with Gasteiger partial charge in [-0.1, -0.05) is 6.07 Å². The van der Waals surface area contributed by atoms with Gasteiger partial charge in [-0.15, -0.1) is 11.3 Å². The van der Waals surface area contributed by atoms with Gasteiger partial charge in [0.15, 0.2) is 0 Å². The predicted octanol–water partition coefficient (Wildman–Crippen LogP) is 3.62. The highest BCUT2D eigenvalue weighted by Crippen LogP contribution is 2.26. The zero-order valence-corrected chi connectivity index (χ0v) is 11.6. The van der Waals surface area contributed by atoms with Crippen molar-refractivity contribution in [3.8, 4) is 0 Å². The molecule has 0 aliphatic rings. The summed E-state index contributed by atoms with van der Waals surface area (Å²) in [7, 11) is 0. The molecular formula is C14H13NO4S. The van der Waals surface area contributed by atoms with E-state index in [0.717, 1.165) is 0 Å². The third kappa shape index (κ3) is 3.09. The summed E-state index contributed by atoms with van der Waals surface area (Å²) in [6, 6.07) is 9.42. The summed E-state index contributed by atoms with van der Waals surface area (Å²) in [5, 5.41) is 12.5. The first-order valence-electron chi connectivity index (χ1n) is 6.07. The van der Waals surface area contributed by atoms with E-state index in [0.29, 0.717) is 17.0 Å². The van der Waals surface area contributed by atoms with Crippen molar-refractivity contribution in [1.82, 2.24) is 0 Å². The maximum absolute atomic E-state index is 12.4. The Morgan fingerprint density at radius 2 is 2.05 bits per heavy atom. The van der Waals surface area contributed by atoms with Crippen LogP contribution in [0.15, 0.2) is 41.8 Å². The molecule has 104 valence electrons. The number of Topliss-reactive ketones (excluding diaryl/α,β-unsaturated/α-hetero) is 1. The average Bonchev–Trinajstić information content (AvgIpc) is 2.98. The molecule has 0 aliphatic heterocycles. The number of nitro groups is 1. The normalized spacial score (nSPS) is 12.1. The van der Waals surface area contributed by atoms with E-state index in [1.165, 1.54) is 23.5 Å². The van der Waals surface area contributed by atoms with Crippen LogP contribution < -0.4 is 0 Å². The number of nitrogens with zero attached hydrogens (tertiary/aromatic N) is 1. The highest BCUT2D eigenvalue weighted by molar-refractivity contribution is 7.12. The fraction of sp³-hybridized carbons (Fsp3) is 0.214. The lowest BCUT2D eigenvalue weighted by atomic mass is 10.0. The molecule has 0 aliphatic carbocycles. The molecule has 0 saturated heterocycles. The van der Waals surface area contributed by atoms with Crippen molar-refractivity contribution in [3.63, 3.8) is 0 Å². The Balaban J connectivity index is 2.28. The number of rotatable bonds is 6. The summed E-state index contributed by atoms with van der Waals surface area (Å²) in [4.78, 5) is 23.1. The van der Waals surface area contributed by atoms with Crippen LogP contribution in [0.3, 0.4) is 0 Å². The first-order valence-corrected chi connectivity index (χ1v) is 6.95. The van der Waals surface area contributed by atoms with E-state index in [9.17, 15) is 14.9 Å². The Kier molecular flexibility index (Phi) is 4.60. The number of ketones is 1. The number of ether oxygens (including phenoxy) is 1. The van der Waals surface area contributed by atoms with Gasteiger partial charge in [0.05, 0.1) is 9.80 Å². The number of nitro benzene ring substituents is 1. The van der Waals surface area contributed by atoms with E-state index in [1.807, 2.05) is 5.38 Å². The Bertz CT molecular complexity index is 592. The molecule has 0 bridgehead atoms. The highest BCUT2D eigenvalue weighted by atomic mass is 32.1. The topological polar surface area (TPSA) is 69.4 Å². The van der Waals surface area contributed by atoms with Crippen LogP contribution in [0.2, 0.25) is 0 Å². The summed E-state index contributed by atoms with van der Waals surface area (Å²) in [5.41, 5.74) is 0.614.